The number of hydrogen-bond acceptors (Lipinski definition) is 2. The standard InChI is InChI=1S/C27H24Cl2N2O/c1-3-19-12-14-20(15-13-19)26-16-21(18(2)32)27(17-30-24-10-6-4-8-22(24)28)31(26)25-11-7-5-9-23(25)29/h4-16,30H,3,17H2,1-2H3. The van der Waals surface area contributed by atoms with E-state index < -0.39 is 0 Å². The Morgan fingerprint density at radius 2 is 1.56 bits per heavy atom. The van der Waals surface area contributed by atoms with Crippen LogP contribution >= 0.6 is 23.2 Å². The minimum absolute atomic E-state index is 0.00168. The number of anilines is 1. The average molecular weight is 463 g/mol. The van der Waals surface area contributed by atoms with Gasteiger partial charge in [-0.15, -0.1) is 0 Å². The summed E-state index contributed by atoms with van der Waals surface area (Å²) in [6, 6.07) is 25.6. The van der Waals surface area contributed by atoms with Gasteiger partial charge in [-0.2, -0.15) is 0 Å². The molecule has 3 nitrogen and oxygen atoms in total. The summed E-state index contributed by atoms with van der Waals surface area (Å²) in [5, 5.41) is 4.63. The fourth-order valence-corrected chi connectivity index (χ4v) is 4.27. The van der Waals surface area contributed by atoms with E-state index >= 15 is 0 Å². The van der Waals surface area contributed by atoms with Gasteiger partial charge in [0.2, 0.25) is 0 Å². The van der Waals surface area contributed by atoms with E-state index in [0.717, 1.165) is 34.7 Å². The Morgan fingerprint density at radius 1 is 0.906 bits per heavy atom. The van der Waals surface area contributed by atoms with Crippen molar-refractivity contribution in [3.8, 4) is 16.9 Å². The normalized spacial score (nSPS) is 10.9. The summed E-state index contributed by atoms with van der Waals surface area (Å²) in [6.45, 7) is 4.14. The Bertz CT molecular complexity index is 1260. The highest BCUT2D eigenvalue weighted by Gasteiger charge is 2.21. The number of halogens is 2. The number of benzene rings is 3. The second kappa shape index (κ2) is 9.64. The predicted octanol–water partition coefficient (Wildman–Crippen LogP) is 7.83. The second-order valence-corrected chi connectivity index (χ2v) is 8.43. The monoisotopic (exact) mass is 462 g/mol. The predicted molar refractivity (Wildman–Crippen MR) is 134 cm³/mol. The molecule has 0 atom stereocenters. The van der Waals surface area contributed by atoms with Gasteiger partial charge in [0.15, 0.2) is 5.78 Å². The maximum atomic E-state index is 12.7. The number of aromatic nitrogens is 1. The number of aryl methyl sites for hydroxylation is 1. The van der Waals surface area contributed by atoms with Gasteiger partial charge < -0.3 is 9.88 Å². The molecule has 0 saturated carbocycles. The largest absolute Gasteiger partial charge is 0.378 e. The molecule has 32 heavy (non-hydrogen) atoms. The second-order valence-electron chi connectivity index (χ2n) is 7.62. The SMILES string of the molecule is CCc1ccc(-c2cc(C(C)=O)c(CNc3ccccc3Cl)n2-c2ccccc2Cl)cc1. The lowest BCUT2D eigenvalue weighted by Crippen LogP contribution is -2.11. The van der Waals surface area contributed by atoms with Gasteiger partial charge in [-0.3, -0.25) is 4.79 Å². The van der Waals surface area contributed by atoms with Crippen LogP contribution in [-0.4, -0.2) is 10.4 Å². The lowest BCUT2D eigenvalue weighted by atomic mass is 10.1. The topological polar surface area (TPSA) is 34.0 Å². The summed E-state index contributed by atoms with van der Waals surface area (Å²) in [5.41, 5.74) is 6.32. The van der Waals surface area contributed by atoms with Crippen molar-refractivity contribution in [2.75, 3.05) is 5.32 Å². The highest BCUT2D eigenvalue weighted by atomic mass is 35.5. The van der Waals surface area contributed by atoms with Gasteiger partial charge in [0.25, 0.3) is 0 Å². The van der Waals surface area contributed by atoms with Crippen LogP contribution in [0.3, 0.4) is 0 Å². The summed E-state index contributed by atoms with van der Waals surface area (Å²) < 4.78 is 2.07. The zero-order valence-electron chi connectivity index (χ0n) is 18.0. The van der Waals surface area contributed by atoms with Crippen LogP contribution in [0.4, 0.5) is 5.69 Å². The number of para-hydroxylation sites is 2. The molecule has 5 heteroatoms. The van der Waals surface area contributed by atoms with Crippen molar-refractivity contribution in [2.24, 2.45) is 0 Å². The number of rotatable bonds is 7. The van der Waals surface area contributed by atoms with E-state index in [2.05, 4.69) is 41.1 Å². The van der Waals surface area contributed by atoms with Crippen molar-refractivity contribution < 1.29 is 4.79 Å². The van der Waals surface area contributed by atoms with Crippen molar-refractivity contribution in [2.45, 2.75) is 26.8 Å². The van der Waals surface area contributed by atoms with Crippen molar-refractivity contribution in [3.05, 3.63) is 106 Å². The van der Waals surface area contributed by atoms with Crippen LogP contribution in [0.2, 0.25) is 10.0 Å². The molecule has 0 fully saturated rings. The molecule has 0 spiro atoms. The summed E-state index contributed by atoms with van der Waals surface area (Å²) >= 11 is 13.0. The minimum Gasteiger partial charge on any atom is -0.378 e. The number of carbonyl (C=O) groups is 1. The molecule has 4 rings (SSSR count). The summed E-state index contributed by atoms with van der Waals surface area (Å²) in [7, 11) is 0. The number of carbonyl (C=O) groups excluding carboxylic acids is 1. The summed E-state index contributed by atoms with van der Waals surface area (Å²) in [6.07, 6.45) is 0.970. The van der Waals surface area contributed by atoms with Gasteiger partial charge in [-0.1, -0.05) is 78.7 Å². The molecule has 0 bridgehead atoms. The molecule has 3 aromatic carbocycles. The Balaban J connectivity index is 1.90. The molecular formula is C27H24Cl2N2O. The molecule has 1 heterocycles. The molecule has 0 unspecified atom stereocenters. The molecule has 0 aliphatic rings. The maximum Gasteiger partial charge on any atom is 0.161 e. The molecule has 4 aromatic rings. The van der Waals surface area contributed by atoms with Crippen molar-refractivity contribution in [1.29, 1.82) is 0 Å². The van der Waals surface area contributed by atoms with Crippen LogP contribution in [0.25, 0.3) is 16.9 Å². The van der Waals surface area contributed by atoms with Gasteiger partial charge in [0.1, 0.15) is 0 Å². The number of nitrogens with zero attached hydrogens (tertiary/aromatic N) is 1. The molecular weight excluding hydrogens is 439 g/mol. The Kier molecular flexibility index (Phi) is 6.69. The minimum atomic E-state index is -0.00168. The van der Waals surface area contributed by atoms with Crippen molar-refractivity contribution >= 4 is 34.7 Å². The fourth-order valence-electron chi connectivity index (χ4n) is 3.84. The van der Waals surface area contributed by atoms with E-state index in [1.165, 1.54) is 5.56 Å². The third-order valence-electron chi connectivity index (χ3n) is 5.55. The summed E-state index contributed by atoms with van der Waals surface area (Å²) in [5.74, 6) is -0.00168. The van der Waals surface area contributed by atoms with Crippen molar-refractivity contribution in [3.63, 3.8) is 0 Å². The molecule has 0 radical (unpaired) electrons. The summed E-state index contributed by atoms with van der Waals surface area (Å²) in [4.78, 5) is 12.7. The van der Waals surface area contributed by atoms with Crippen LogP contribution in [0.15, 0.2) is 78.9 Å². The number of Topliss-reactive ketones (excluding diaryl/α,β-unsaturated/α-hetero) is 1. The van der Waals surface area contributed by atoms with E-state index in [9.17, 15) is 4.79 Å². The smallest absolute Gasteiger partial charge is 0.161 e. The van der Waals surface area contributed by atoms with Gasteiger partial charge in [0, 0.05) is 5.56 Å². The molecule has 0 amide bonds. The zero-order valence-corrected chi connectivity index (χ0v) is 19.5. The maximum absolute atomic E-state index is 12.7. The van der Waals surface area contributed by atoms with Crippen LogP contribution in [-0.2, 0) is 13.0 Å². The van der Waals surface area contributed by atoms with E-state index in [4.69, 9.17) is 23.2 Å². The molecule has 162 valence electrons. The molecule has 1 aromatic heterocycles. The zero-order chi connectivity index (χ0) is 22.7. The first-order valence-electron chi connectivity index (χ1n) is 10.6. The molecule has 1 N–H and O–H groups in total. The van der Waals surface area contributed by atoms with Gasteiger partial charge in [-0.25, -0.2) is 0 Å². The third-order valence-corrected chi connectivity index (χ3v) is 6.20. The number of ketones is 1. The average Bonchev–Trinajstić information content (AvgIpc) is 3.18. The lowest BCUT2D eigenvalue weighted by molar-refractivity contribution is 0.101. The first kappa shape index (κ1) is 22.2. The lowest BCUT2D eigenvalue weighted by Gasteiger charge is -2.17. The van der Waals surface area contributed by atoms with E-state index in [1.54, 1.807) is 6.92 Å². The van der Waals surface area contributed by atoms with Gasteiger partial charge in [-0.05, 0) is 54.8 Å². The number of hydrogen-bond donors (Lipinski definition) is 1. The first-order chi connectivity index (χ1) is 15.5. The number of nitrogens with one attached hydrogen (secondary N) is 1. The van der Waals surface area contributed by atoms with E-state index in [0.29, 0.717) is 22.2 Å². The van der Waals surface area contributed by atoms with Gasteiger partial charge in [0.05, 0.1) is 39.4 Å². The van der Waals surface area contributed by atoms with Crippen LogP contribution in [0.5, 0.6) is 0 Å². The Hall–Kier alpha value is -3.01. The van der Waals surface area contributed by atoms with Crippen LogP contribution in [0.1, 0.15) is 35.5 Å². The Labute approximate surface area is 198 Å². The fraction of sp³-hybridized carbons (Fsp3) is 0.148. The molecule has 0 aliphatic heterocycles. The van der Waals surface area contributed by atoms with E-state index in [-0.39, 0.29) is 5.78 Å². The van der Waals surface area contributed by atoms with Gasteiger partial charge >= 0.3 is 0 Å². The van der Waals surface area contributed by atoms with Crippen LogP contribution < -0.4 is 5.32 Å². The highest BCUT2D eigenvalue weighted by Crippen LogP contribution is 2.34. The molecule has 0 aliphatic carbocycles. The Morgan fingerprint density at radius 3 is 2.19 bits per heavy atom. The third kappa shape index (κ3) is 4.45. The van der Waals surface area contributed by atoms with E-state index in [1.807, 2.05) is 54.6 Å². The quantitative estimate of drug-likeness (QED) is 0.284. The van der Waals surface area contributed by atoms with Crippen LogP contribution in [0, 0.1) is 0 Å². The highest BCUT2D eigenvalue weighted by molar-refractivity contribution is 6.33. The molecule has 0 saturated heterocycles. The van der Waals surface area contributed by atoms with Crippen molar-refractivity contribution in [1.82, 2.24) is 4.57 Å². The first-order valence-corrected chi connectivity index (χ1v) is 11.3.